The van der Waals surface area contributed by atoms with E-state index in [-0.39, 0.29) is 49.9 Å². The minimum atomic E-state index is -1.74. The molecule has 15 heteroatoms. The fraction of sp³-hybridized carbons (Fsp3) is 0.302. The zero-order valence-corrected chi connectivity index (χ0v) is 40.0. The summed E-state index contributed by atoms with van der Waals surface area (Å²) in [5, 5.41) is 15.3. The van der Waals surface area contributed by atoms with Crippen LogP contribution in [0.4, 0.5) is 11.8 Å². The summed E-state index contributed by atoms with van der Waals surface area (Å²) in [5.74, 6) is 0.684. The lowest BCUT2D eigenvalue weighted by molar-refractivity contribution is -0.0806. The standard InChI is InChI=1S/C53H57N6O8P/c1-36(2)59(37(3)4)68(65-32-16-31-54)67-47-33-46(45-34-55-52(58-51(61)39-19-12-8-13-20-39)57-49(45)56-50(60)38-17-10-7-11-18-38)66-48(47)35-64-53(40-21-14-9-15-22-40,41-23-27-43(62-5)28-24-41)42-25-29-44(63-6)30-26-42/h7-15,17-30,34,36-37,46-48H,16,32-33,35H2,1-6H3,(H2,55,56,57,58,60,61)/t46-,47+,48-,68?/m1/s1. The summed E-state index contributed by atoms with van der Waals surface area (Å²) in [7, 11) is 1.52. The molecule has 1 unspecified atom stereocenters. The van der Waals surface area contributed by atoms with Crippen molar-refractivity contribution in [3.05, 3.63) is 179 Å². The monoisotopic (exact) mass is 936 g/mol. The Balaban J connectivity index is 1.32. The zero-order chi connectivity index (χ0) is 48.0. The normalized spacial score (nSPS) is 16.3. The number of nitrogens with zero attached hydrogens (tertiary/aromatic N) is 4. The highest BCUT2D eigenvalue weighted by atomic mass is 31.2. The Labute approximate surface area is 399 Å². The van der Waals surface area contributed by atoms with Crippen molar-refractivity contribution in [3.63, 3.8) is 0 Å². The van der Waals surface area contributed by atoms with Gasteiger partial charge in [-0.15, -0.1) is 0 Å². The summed E-state index contributed by atoms with van der Waals surface area (Å²) in [6.07, 6.45) is -0.114. The first-order valence-electron chi connectivity index (χ1n) is 22.5. The topological polar surface area (TPSA) is 166 Å². The SMILES string of the molecule is COc1ccc(C(OC[C@H]2O[C@@H](c3cnc(NC(=O)c4ccccc4)nc3NC(=O)c3ccccc3)C[C@@H]2OP(OCCC#N)N(C(C)C)C(C)C)(c2ccccc2)c2ccc(OC)cc2)cc1. The molecule has 2 N–H and O–H groups in total. The molecule has 0 bridgehead atoms. The molecular weight excluding hydrogens is 880 g/mol. The molecule has 2 heterocycles. The van der Waals surface area contributed by atoms with Gasteiger partial charge in [0, 0.05) is 41.4 Å². The highest BCUT2D eigenvalue weighted by Gasteiger charge is 2.45. The number of nitriles is 1. The number of amides is 2. The molecule has 0 saturated carbocycles. The van der Waals surface area contributed by atoms with E-state index in [1.54, 1.807) is 68.9 Å². The molecule has 352 valence electrons. The third-order valence-corrected chi connectivity index (χ3v) is 13.6. The minimum absolute atomic E-state index is 0.0105. The van der Waals surface area contributed by atoms with Crippen LogP contribution in [0.3, 0.4) is 0 Å². The minimum Gasteiger partial charge on any atom is -0.497 e. The second-order valence-corrected chi connectivity index (χ2v) is 17.9. The van der Waals surface area contributed by atoms with Crippen molar-refractivity contribution >= 4 is 32.1 Å². The summed E-state index contributed by atoms with van der Waals surface area (Å²) in [6.45, 7) is 8.50. The van der Waals surface area contributed by atoms with Crippen LogP contribution < -0.4 is 20.1 Å². The lowest BCUT2D eigenvalue weighted by Crippen LogP contribution is -2.39. The van der Waals surface area contributed by atoms with Crippen molar-refractivity contribution in [3.8, 4) is 17.6 Å². The van der Waals surface area contributed by atoms with Gasteiger partial charge in [-0.3, -0.25) is 14.9 Å². The molecule has 0 radical (unpaired) electrons. The van der Waals surface area contributed by atoms with Gasteiger partial charge < -0.3 is 33.3 Å². The van der Waals surface area contributed by atoms with E-state index in [0.29, 0.717) is 28.2 Å². The molecule has 14 nitrogen and oxygen atoms in total. The molecule has 1 saturated heterocycles. The van der Waals surface area contributed by atoms with Gasteiger partial charge in [0.1, 0.15) is 29.0 Å². The molecule has 7 rings (SSSR count). The average molecular weight is 937 g/mol. The first-order chi connectivity index (χ1) is 33.0. The third-order valence-electron chi connectivity index (χ3n) is 11.4. The number of hydrogen-bond acceptors (Lipinski definition) is 12. The number of carbonyl (C=O) groups is 2. The van der Waals surface area contributed by atoms with E-state index in [1.807, 2.05) is 91.0 Å². The van der Waals surface area contributed by atoms with Crippen LogP contribution in [-0.4, -0.2) is 78.2 Å². The Kier molecular flexibility index (Phi) is 17.0. The molecule has 1 fully saturated rings. The largest absolute Gasteiger partial charge is 0.497 e. The predicted molar refractivity (Wildman–Crippen MR) is 261 cm³/mol. The van der Waals surface area contributed by atoms with Gasteiger partial charge in [-0.05, 0) is 92.9 Å². The van der Waals surface area contributed by atoms with Gasteiger partial charge in [0.25, 0.3) is 20.3 Å². The number of nitrogens with one attached hydrogen (secondary N) is 2. The van der Waals surface area contributed by atoms with Crippen molar-refractivity contribution < 1.29 is 37.6 Å². The van der Waals surface area contributed by atoms with Crippen LogP contribution in [0.25, 0.3) is 0 Å². The van der Waals surface area contributed by atoms with Crippen LogP contribution >= 0.6 is 8.53 Å². The Morgan fingerprint density at radius 2 is 1.28 bits per heavy atom. The first kappa shape index (κ1) is 49.3. The molecule has 6 aromatic rings. The fourth-order valence-electron chi connectivity index (χ4n) is 8.19. The Bertz CT molecular complexity index is 2550. The van der Waals surface area contributed by atoms with Crippen molar-refractivity contribution in [1.29, 1.82) is 5.26 Å². The number of aromatic nitrogens is 2. The number of carbonyl (C=O) groups excluding carboxylic acids is 2. The van der Waals surface area contributed by atoms with Gasteiger partial charge in [-0.2, -0.15) is 10.2 Å². The van der Waals surface area contributed by atoms with Gasteiger partial charge in [0.15, 0.2) is 0 Å². The van der Waals surface area contributed by atoms with Crippen molar-refractivity contribution in [2.24, 2.45) is 0 Å². The van der Waals surface area contributed by atoms with Crippen LogP contribution in [0.5, 0.6) is 11.5 Å². The van der Waals surface area contributed by atoms with E-state index in [9.17, 15) is 14.9 Å². The van der Waals surface area contributed by atoms with Crippen molar-refractivity contribution in [2.45, 2.75) is 76.5 Å². The second-order valence-electron chi connectivity index (χ2n) is 16.5. The van der Waals surface area contributed by atoms with Crippen molar-refractivity contribution in [1.82, 2.24) is 14.6 Å². The lowest BCUT2D eigenvalue weighted by Gasteiger charge is -2.39. The van der Waals surface area contributed by atoms with E-state index in [4.69, 9.17) is 33.0 Å². The van der Waals surface area contributed by atoms with E-state index < -0.39 is 44.3 Å². The Hall–Kier alpha value is -6.56. The summed E-state index contributed by atoms with van der Waals surface area (Å²) in [4.78, 5) is 36.4. The quantitative estimate of drug-likeness (QED) is 0.0399. The van der Waals surface area contributed by atoms with Crippen LogP contribution in [0.2, 0.25) is 0 Å². The summed E-state index contributed by atoms with van der Waals surface area (Å²) in [6, 6.07) is 45.3. The number of benzene rings is 5. The van der Waals surface area contributed by atoms with Gasteiger partial charge in [-0.25, -0.2) is 9.65 Å². The molecule has 1 aliphatic rings. The van der Waals surface area contributed by atoms with Gasteiger partial charge in [0.05, 0.1) is 52.1 Å². The number of hydrogen-bond donors (Lipinski definition) is 2. The highest BCUT2D eigenvalue weighted by Crippen LogP contribution is 2.52. The van der Waals surface area contributed by atoms with Crippen LogP contribution in [0.1, 0.15) is 89.6 Å². The van der Waals surface area contributed by atoms with E-state index in [1.165, 1.54) is 0 Å². The summed E-state index contributed by atoms with van der Waals surface area (Å²) in [5.41, 5.74) is 2.63. The molecule has 0 spiro atoms. The Morgan fingerprint density at radius 3 is 1.79 bits per heavy atom. The van der Waals surface area contributed by atoms with Crippen LogP contribution in [0.15, 0.2) is 146 Å². The molecule has 2 amide bonds. The van der Waals surface area contributed by atoms with Crippen molar-refractivity contribution in [2.75, 3.05) is 38.1 Å². The van der Waals surface area contributed by atoms with Gasteiger partial charge >= 0.3 is 0 Å². The highest BCUT2D eigenvalue weighted by molar-refractivity contribution is 7.44. The number of ether oxygens (including phenoxy) is 4. The molecule has 5 aromatic carbocycles. The van der Waals surface area contributed by atoms with Gasteiger partial charge in [0.2, 0.25) is 5.95 Å². The predicted octanol–water partition coefficient (Wildman–Crippen LogP) is 10.5. The number of methoxy groups -OCH3 is 2. The molecular formula is C53H57N6O8P. The molecule has 1 aliphatic heterocycles. The lowest BCUT2D eigenvalue weighted by atomic mass is 9.80. The Morgan fingerprint density at radius 1 is 0.765 bits per heavy atom. The van der Waals surface area contributed by atoms with E-state index in [0.717, 1.165) is 16.7 Å². The second kappa shape index (κ2) is 23.4. The molecule has 4 atom stereocenters. The van der Waals surface area contributed by atoms with Crippen LogP contribution in [-0.2, 0) is 24.1 Å². The summed E-state index contributed by atoms with van der Waals surface area (Å²) < 4.78 is 41.3. The number of rotatable bonds is 21. The summed E-state index contributed by atoms with van der Waals surface area (Å²) >= 11 is 0. The molecule has 0 aliphatic carbocycles. The van der Waals surface area contributed by atoms with Crippen LogP contribution in [0, 0.1) is 11.3 Å². The smallest absolute Gasteiger partial charge is 0.259 e. The maximum atomic E-state index is 13.8. The maximum absolute atomic E-state index is 13.8. The molecule has 1 aromatic heterocycles. The molecule has 68 heavy (non-hydrogen) atoms. The zero-order valence-electron chi connectivity index (χ0n) is 39.1. The first-order valence-corrected chi connectivity index (χ1v) is 23.7. The van der Waals surface area contributed by atoms with Gasteiger partial charge in [-0.1, -0.05) is 91.0 Å². The average Bonchev–Trinajstić information content (AvgIpc) is 3.77. The fourth-order valence-corrected chi connectivity index (χ4v) is 9.94. The van der Waals surface area contributed by atoms with E-state index >= 15 is 0 Å². The maximum Gasteiger partial charge on any atom is 0.259 e. The number of anilines is 2. The third kappa shape index (κ3) is 11.8. The van der Waals surface area contributed by atoms with E-state index in [2.05, 4.69) is 54.1 Å².